The second-order valence-corrected chi connectivity index (χ2v) is 9.18. The van der Waals surface area contributed by atoms with Gasteiger partial charge < -0.3 is 21.1 Å². The zero-order chi connectivity index (χ0) is 26.2. The van der Waals surface area contributed by atoms with Crippen LogP contribution in [0.4, 0.5) is 0 Å². The molecule has 2 aliphatic rings. The second-order valence-electron chi connectivity index (χ2n) is 8.74. The number of nitriles is 2. The molecule has 0 aliphatic heterocycles. The molecule has 0 unspecified atom stereocenters. The predicted octanol–water partition coefficient (Wildman–Crippen LogP) is 4.73. The van der Waals surface area contributed by atoms with Crippen LogP contribution < -0.4 is 5.73 Å². The monoisotopic (exact) mass is 501 g/mol. The van der Waals surface area contributed by atoms with Gasteiger partial charge in [-0.05, 0) is 103 Å². The maximum absolute atomic E-state index is 10.8. The fourth-order valence-electron chi connectivity index (χ4n) is 4.57. The van der Waals surface area contributed by atoms with E-state index in [1.54, 1.807) is 18.2 Å². The van der Waals surface area contributed by atoms with Gasteiger partial charge >= 0.3 is 5.97 Å². The predicted molar refractivity (Wildman–Crippen MR) is 141 cm³/mol. The van der Waals surface area contributed by atoms with E-state index >= 15 is 0 Å². The van der Waals surface area contributed by atoms with Crippen molar-refractivity contribution in [3.8, 4) is 23.6 Å². The van der Waals surface area contributed by atoms with E-state index in [4.69, 9.17) is 33.6 Å². The molecule has 0 spiro atoms. The molecule has 184 valence electrons. The van der Waals surface area contributed by atoms with Crippen LogP contribution in [0, 0.1) is 22.7 Å². The second kappa shape index (κ2) is 12.0. The molecule has 8 heteroatoms. The Labute approximate surface area is 215 Å². The van der Waals surface area contributed by atoms with Gasteiger partial charge in [-0.3, -0.25) is 0 Å². The summed E-state index contributed by atoms with van der Waals surface area (Å²) in [6.07, 6.45) is 11.0. The van der Waals surface area contributed by atoms with E-state index in [2.05, 4.69) is 0 Å². The number of hydrogen-bond acceptors (Lipinski definition) is 6. The number of aliphatic carboxylic acids is 1. The SMILES string of the molecule is N#C/C(=C/c1c(O)ccc2c1CCCC2)C(N)=S.N#C/C(=C/c1cc(O)c2c(c1)CCCC2)C(=O)O. The molecule has 0 amide bonds. The van der Waals surface area contributed by atoms with Crippen molar-refractivity contribution in [1.82, 2.24) is 0 Å². The van der Waals surface area contributed by atoms with Gasteiger partial charge in [0.15, 0.2) is 0 Å². The molecule has 0 saturated carbocycles. The highest BCUT2D eigenvalue weighted by molar-refractivity contribution is 7.80. The Morgan fingerprint density at radius 1 is 0.861 bits per heavy atom. The van der Waals surface area contributed by atoms with Gasteiger partial charge in [-0.15, -0.1) is 0 Å². The lowest BCUT2D eigenvalue weighted by atomic mass is 9.87. The number of rotatable bonds is 4. The molecule has 0 radical (unpaired) electrons. The molecule has 0 heterocycles. The van der Waals surface area contributed by atoms with Gasteiger partial charge in [0.05, 0.1) is 5.57 Å². The molecule has 0 bridgehead atoms. The minimum Gasteiger partial charge on any atom is -0.508 e. The Kier molecular flexibility index (Phi) is 8.83. The summed E-state index contributed by atoms with van der Waals surface area (Å²) >= 11 is 4.82. The number of thiocarbonyl (C=S) groups is 1. The maximum atomic E-state index is 10.8. The van der Waals surface area contributed by atoms with E-state index in [1.165, 1.54) is 24.1 Å². The summed E-state index contributed by atoms with van der Waals surface area (Å²) < 4.78 is 0. The Balaban J connectivity index is 0.000000201. The van der Waals surface area contributed by atoms with E-state index in [-0.39, 0.29) is 27.6 Å². The summed E-state index contributed by atoms with van der Waals surface area (Å²) in [7, 11) is 0. The number of carboxylic acids is 1. The van der Waals surface area contributed by atoms with Crippen molar-refractivity contribution in [2.24, 2.45) is 5.73 Å². The first-order valence-corrected chi connectivity index (χ1v) is 12.1. The van der Waals surface area contributed by atoms with Crippen molar-refractivity contribution in [2.75, 3.05) is 0 Å². The van der Waals surface area contributed by atoms with E-state index < -0.39 is 5.97 Å². The average Bonchev–Trinajstić information content (AvgIpc) is 2.87. The van der Waals surface area contributed by atoms with Crippen molar-refractivity contribution in [3.05, 3.63) is 68.8 Å². The van der Waals surface area contributed by atoms with Crippen LogP contribution in [0.2, 0.25) is 0 Å². The largest absolute Gasteiger partial charge is 0.508 e. The first-order valence-electron chi connectivity index (χ1n) is 11.7. The molecule has 0 atom stereocenters. The number of benzene rings is 2. The van der Waals surface area contributed by atoms with E-state index in [9.17, 15) is 15.0 Å². The molecule has 2 aliphatic carbocycles. The van der Waals surface area contributed by atoms with Gasteiger partial charge in [-0.25, -0.2) is 4.79 Å². The molecule has 2 aromatic rings. The summed E-state index contributed by atoms with van der Waals surface area (Å²) in [5.41, 5.74) is 11.0. The molecular formula is C28H27N3O4S. The zero-order valence-electron chi connectivity index (χ0n) is 19.8. The number of carbonyl (C=O) groups is 1. The van der Waals surface area contributed by atoms with Crippen LogP contribution in [0.25, 0.3) is 12.2 Å². The third-order valence-electron chi connectivity index (χ3n) is 6.35. The number of hydrogen-bond donors (Lipinski definition) is 4. The molecular weight excluding hydrogens is 474 g/mol. The average molecular weight is 502 g/mol. The molecule has 7 nitrogen and oxygen atoms in total. The van der Waals surface area contributed by atoms with Crippen LogP contribution in [0.5, 0.6) is 11.5 Å². The third-order valence-corrected chi connectivity index (χ3v) is 6.57. The van der Waals surface area contributed by atoms with Crippen LogP contribution in [-0.2, 0) is 30.5 Å². The molecule has 36 heavy (non-hydrogen) atoms. The highest BCUT2D eigenvalue weighted by Crippen LogP contribution is 2.32. The highest BCUT2D eigenvalue weighted by atomic mass is 32.1. The number of fused-ring (bicyclic) bond motifs is 2. The van der Waals surface area contributed by atoms with Gasteiger partial charge in [0, 0.05) is 5.56 Å². The lowest BCUT2D eigenvalue weighted by Gasteiger charge is -2.19. The summed E-state index contributed by atoms with van der Waals surface area (Å²) in [6, 6.07) is 10.6. The number of nitrogens with zero attached hydrogens (tertiary/aromatic N) is 2. The fraction of sp³-hybridized carbons (Fsp3) is 0.286. The first kappa shape index (κ1) is 26.5. The van der Waals surface area contributed by atoms with Crippen LogP contribution in [-0.4, -0.2) is 26.3 Å². The van der Waals surface area contributed by atoms with Gasteiger partial charge in [-0.1, -0.05) is 24.4 Å². The van der Waals surface area contributed by atoms with E-state index in [0.29, 0.717) is 11.1 Å². The minimum absolute atomic E-state index is 0.0605. The number of phenols is 2. The van der Waals surface area contributed by atoms with Crippen LogP contribution in [0.15, 0.2) is 35.4 Å². The van der Waals surface area contributed by atoms with Crippen molar-refractivity contribution >= 4 is 35.3 Å². The van der Waals surface area contributed by atoms with Crippen molar-refractivity contribution in [3.63, 3.8) is 0 Å². The Morgan fingerprint density at radius 3 is 2.08 bits per heavy atom. The molecule has 5 N–H and O–H groups in total. The third kappa shape index (κ3) is 6.29. The Morgan fingerprint density at radius 2 is 1.47 bits per heavy atom. The normalized spacial score (nSPS) is 14.7. The summed E-state index contributed by atoms with van der Waals surface area (Å²) in [5, 5.41) is 46.3. The van der Waals surface area contributed by atoms with E-state index in [0.717, 1.165) is 61.6 Å². The molecule has 0 saturated heterocycles. The van der Waals surface area contributed by atoms with Crippen LogP contribution in [0.3, 0.4) is 0 Å². The topological polar surface area (TPSA) is 151 Å². The number of carboxylic acid groups (broad SMARTS) is 1. The lowest BCUT2D eigenvalue weighted by Crippen LogP contribution is -2.10. The number of phenolic OH excluding ortho intramolecular Hbond substituents is 2. The molecule has 2 aromatic carbocycles. The minimum atomic E-state index is -1.25. The smallest absolute Gasteiger partial charge is 0.346 e. The van der Waals surface area contributed by atoms with E-state index in [1.807, 2.05) is 18.2 Å². The number of aromatic hydroxyl groups is 2. The first-order chi connectivity index (χ1) is 17.2. The van der Waals surface area contributed by atoms with Gasteiger partial charge in [0.2, 0.25) is 0 Å². The summed E-state index contributed by atoms with van der Waals surface area (Å²) in [5.74, 6) is -0.879. The number of aryl methyl sites for hydroxylation is 2. The standard InChI is InChI=1S/C14H14N2OS.C14H13NO3/c15-8-10(14(16)18)7-12-11-4-2-1-3-9(11)5-6-13(12)17;15-8-11(14(17)18)6-9-5-10-3-1-2-4-12(10)13(16)7-9/h5-7,17H,1-4H2,(H2,16,18);5-7,16H,1-4H2,(H,17,18)/b10-7-;11-6-. The van der Waals surface area contributed by atoms with Crippen molar-refractivity contribution in [1.29, 1.82) is 10.5 Å². The fourth-order valence-corrected chi connectivity index (χ4v) is 4.67. The van der Waals surface area contributed by atoms with Crippen molar-refractivity contribution < 1.29 is 20.1 Å². The summed E-state index contributed by atoms with van der Waals surface area (Å²) in [6.45, 7) is 0. The van der Waals surface area contributed by atoms with Gasteiger partial charge in [-0.2, -0.15) is 10.5 Å². The lowest BCUT2D eigenvalue weighted by molar-refractivity contribution is -0.132. The maximum Gasteiger partial charge on any atom is 0.346 e. The number of nitrogens with two attached hydrogens (primary N) is 1. The van der Waals surface area contributed by atoms with Crippen LogP contribution in [0.1, 0.15) is 59.1 Å². The molecule has 0 fully saturated rings. The van der Waals surface area contributed by atoms with Gasteiger partial charge in [0.25, 0.3) is 0 Å². The quantitative estimate of drug-likeness (QED) is 0.267. The summed E-state index contributed by atoms with van der Waals surface area (Å²) in [4.78, 5) is 10.8. The highest BCUT2D eigenvalue weighted by Gasteiger charge is 2.17. The van der Waals surface area contributed by atoms with Gasteiger partial charge in [0.1, 0.15) is 34.2 Å². The molecule has 4 rings (SSSR count). The Bertz CT molecular complexity index is 1350. The van der Waals surface area contributed by atoms with Crippen LogP contribution >= 0.6 is 12.2 Å². The van der Waals surface area contributed by atoms with Crippen molar-refractivity contribution in [2.45, 2.75) is 51.4 Å². The molecule has 0 aromatic heterocycles. The zero-order valence-corrected chi connectivity index (χ0v) is 20.6. The Hall–Kier alpha value is -4.14.